The van der Waals surface area contributed by atoms with Crippen molar-refractivity contribution in [2.75, 3.05) is 17.6 Å². The lowest BCUT2D eigenvalue weighted by Gasteiger charge is -2.29. The molecule has 0 saturated heterocycles. The fourth-order valence-electron chi connectivity index (χ4n) is 3.59. The van der Waals surface area contributed by atoms with Crippen LogP contribution < -0.4 is 4.72 Å². The van der Waals surface area contributed by atoms with Crippen LogP contribution in [0, 0.1) is 5.92 Å². The summed E-state index contributed by atoms with van der Waals surface area (Å²) in [5.74, 6) is -2.07. The average Bonchev–Trinajstić information content (AvgIpc) is 2.67. The molecule has 7 heteroatoms. The Kier molecular flexibility index (Phi) is 6.17. The lowest BCUT2D eigenvalue weighted by Crippen LogP contribution is -2.34. The van der Waals surface area contributed by atoms with Gasteiger partial charge in [0.15, 0.2) is 5.78 Å². The van der Waals surface area contributed by atoms with Crippen LogP contribution in [0.2, 0.25) is 0 Å². The number of anilines is 1. The van der Waals surface area contributed by atoms with Crippen molar-refractivity contribution in [3.8, 4) is 0 Å². The fourth-order valence-corrected chi connectivity index (χ4v) is 4.15. The zero-order valence-electron chi connectivity index (χ0n) is 16.3. The summed E-state index contributed by atoms with van der Waals surface area (Å²) in [5.41, 5.74) is 2.79. The van der Waals surface area contributed by atoms with E-state index in [-0.39, 0.29) is 18.3 Å². The average molecular weight is 413 g/mol. The molecular weight excluding hydrogens is 390 g/mol. The number of sulfonamides is 1. The number of ketones is 1. The highest BCUT2D eigenvalue weighted by Gasteiger charge is 2.39. The van der Waals surface area contributed by atoms with E-state index in [1.807, 2.05) is 36.4 Å². The summed E-state index contributed by atoms with van der Waals surface area (Å²) in [7, 11) is -3.41. The quantitative estimate of drug-likeness (QED) is 0.579. The van der Waals surface area contributed by atoms with Gasteiger partial charge < -0.3 is 4.74 Å². The van der Waals surface area contributed by atoms with Gasteiger partial charge in [0, 0.05) is 11.6 Å². The molecule has 0 saturated carbocycles. The molecule has 0 bridgehead atoms. The standard InChI is InChI=1S/C22H23NO5S/c1-3-28-22(25)21-19(15-8-5-4-6-9-15)13-17(14-20(21)24)16-10-7-11-18(12-16)23-29(2,26)27/h4-12,14,19,21,23H,3,13H2,1-2H3/t19-,21-/m0/s1. The Morgan fingerprint density at radius 1 is 1.14 bits per heavy atom. The number of benzene rings is 2. The van der Waals surface area contributed by atoms with Crippen LogP contribution in [-0.4, -0.2) is 33.0 Å². The minimum Gasteiger partial charge on any atom is -0.465 e. The fraction of sp³-hybridized carbons (Fsp3) is 0.273. The van der Waals surface area contributed by atoms with Crippen molar-refractivity contribution in [3.05, 3.63) is 71.8 Å². The van der Waals surface area contributed by atoms with Gasteiger partial charge in [-0.3, -0.25) is 14.3 Å². The molecule has 1 N–H and O–H groups in total. The summed E-state index contributed by atoms with van der Waals surface area (Å²) < 4.78 is 30.6. The molecule has 0 radical (unpaired) electrons. The molecule has 1 aliphatic rings. The molecule has 2 aromatic rings. The highest BCUT2D eigenvalue weighted by molar-refractivity contribution is 7.92. The largest absolute Gasteiger partial charge is 0.465 e. The van der Waals surface area contributed by atoms with E-state index in [1.54, 1.807) is 25.1 Å². The molecule has 2 aromatic carbocycles. The van der Waals surface area contributed by atoms with E-state index in [1.165, 1.54) is 6.08 Å². The molecule has 0 heterocycles. The van der Waals surface area contributed by atoms with Gasteiger partial charge in [-0.2, -0.15) is 0 Å². The van der Waals surface area contributed by atoms with Gasteiger partial charge in [-0.1, -0.05) is 42.5 Å². The normalized spacial score (nSPS) is 19.4. The Hall–Kier alpha value is -2.93. The van der Waals surface area contributed by atoms with Crippen LogP contribution in [-0.2, 0) is 24.3 Å². The molecule has 152 valence electrons. The van der Waals surface area contributed by atoms with Crippen molar-refractivity contribution in [2.45, 2.75) is 19.3 Å². The van der Waals surface area contributed by atoms with E-state index in [9.17, 15) is 18.0 Å². The molecule has 0 aromatic heterocycles. The molecule has 0 amide bonds. The maximum atomic E-state index is 12.9. The zero-order chi connectivity index (χ0) is 21.0. The topological polar surface area (TPSA) is 89.5 Å². The maximum absolute atomic E-state index is 12.9. The Morgan fingerprint density at radius 2 is 1.86 bits per heavy atom. The van der Waals surface area contributed by atoms with Crippen molar-refractivity contribution in [1.82, 2.24) is 0 Å². The lowest BCUT2D eigenvalue weighted by atomic mass is 9.73. The second-order valence-corrected chi connectivity index (χ2v) is 8.73. The van der Waals surface area contributed by atoms with Crippen molar-refractivity contribution in [3.63, 3.8) is 0 Å². The summed E-state index contributed by atoms with van der Waals surface area (Å²) in [5, 5.41) is 0. The van der Waals surface area contributed by atoms with Gasteiger partial charge in [-0.25, -0.2) is 8.42 Å². The molecule has 0 unspecified atom stereocenters. The Labute approximate surface area is 170 Å². The number of carbonyl (C=O) groups excluding carboxylic acids is 2. The summed E-state index contributed by atoms with van der Waals surface area (Å²) in [6.45, 7) is 1.92. The third-order valence-corrected chi connectivity index (χ3v) is 5.38. The first-order valence-electron chi connectivity index (χ1n) is 9.32. The number of hydrogen-bond donors (Lipinski definition) is 1. The maximum Gasteiger partial charge on any atom is 0.317 e. The van der Waals surface area contributed by atoms with Crippen molar-refractivity contribution < 1.29 is 22.7 Å². The summed E-state index contributed by atoms with van der Waals surface area (Å²) in [4.78, 5) is 25.4. The van der Waals surface area contributed by atoms with Crippen LogP contribution in [0.4, 0.5) is 5.69 Å². The smallest absolute Gasteiger partial charge is 0.317 e. The molecule has 6 nitrogen and oxygen atoms in total. The lowest BCUT2D eigenvalue weighted by molar-refractivity contribution is -0.151. The van der Waals surface area contributed by atoms with Gasteiger partial charge in [-0.05, 0) is 48.3 Å². The predicted molar refractivity (Wildman–Crippen MR) is 112 cm³/mol. The van der Waals surface area contributed by atoms with E-state index in [4.69, 9.17) is 4.74 Å². The zero-order valence-corrected chi connectivity index (χ0v) is 17.1. The summed E-state index contributed by atoms with van der Waals surface area (Å²) in [6.07, 6.45) is 3.01. The third-order valence-electron chi connectivity index (χ3n) is 4.77. The van der Waals surface area contributed by atoms with Gasteiger partial charge in [-0.15, -0.1) is 0 Å². The molecule has 3 rings (SSSR count). The number of hydrogen-bond acceptors (Lipinski definition) is 5. The molecular formula is C22H23NO5S. The molecule has 0 aliphatic heterocycles. The van der Waals surface area contributed by atoms with E-state index in [2.05, 4.69) is 4.72 Å². The molecule has 1 aliphatic carbocycles. The number of rotatable bonds is 6. The van der Waals surface area contributed by atoms with Gasteiger partial charge in [0.2, 0.25) is 10.0 Å². The van der Waals surface area contributed by atoms with Crippen molar-refractivity contribution in [2.24, 2.45) is 5.92 Å². The number of carbonyl (C=O) groups is 2. The highest BCUT2D eigenvalue weighted by atomic mass is 32.2. The first-order valence-corrected chi connectivity index (χ1v) is 11.2. The van der Waals surface area contributed by atoms with Gasteiger partial charge in [0.25, 0.3) is 0 Å². The SMILES string of the molecule is CCOC(=O)[C@@H]1C(=O)C=C(c2cccc(NS(C)(=O)=O)c2)C[C@H]1c1ccccc1. The van der Waals surface area contributed by atoms with E-state index >= 15 is 0 Å². The first kappa shape index (κ1) is 20.8. The minimum absolute atomic E-state index is 0.208. The molecule has 0 fully saturated rings. The van der Waals surface area contributed by atoms with E-state index in [0.717, 1.165) is 23.0 Å². The predicted octanol–water partition coefficient (Wildman–Crippen LogP) is 3.38. The number of ether oxygens (including phenoxy) is 1. The second kappa shape index (κ2) is 8.61. The third kappa shape index (κ3) is 5.12. The molecule has 29 heavy (non-hydrogen) atoms. The highest BCUT2D eigenvalue weighted by Crippen LogP contribution is 2.40. The Bertz CT molecular complexity index is 1040. The van der Waals surface area contributed by atoms with Crippen LogP contribution in [0.5, 0.6) is 0 Å². The van der Waals surface area contributed by atoms with Crippen LogP contribution in [0.15, 0.2) is 60.7 Å². The summed E-state index contributed by atoms with van der Waals surface area (Å²) >= 11 is 0. The van der Waals surface area contributed by atoms with Crippen molar-refractivity contribution >= 4 is 33.0 Å². The minimum atomic E-state index is -3.41. The van der Waals surface area contributed by atoms with Crippen molar-refractivity contribution in [1.29, 1.82) is 0 Å². The first-order chi connectivity index (χ1) is 13.8. The monoisotopic (exact) mass is 413 g/mol. The van der Waals surface area contributed by atoms with Gasteiger partial charge in [0.1, 0.15) is 5.92 Å². The molecule has 2 atom stereocenters. The Morgan fingerprint density at radius 3 is 2.52 bits per heavy atom. The van der Waals surface area contributed by atoms with Crippen LogP contribution in [0.25, 0.3) is 5.57 Å². The number of allylic oxidation sites excluding steroid dienone is 2. The number of esters is 1. The van der Waals surface area contributed by atoms with E-state index in [0.29, 0.717) is 12.1 Å². The summed E-state index contributed by atoms with van der Waals surface area (Å²) in [6, 6.07) is 16.3. The van der Waals surface area contributed by atoms with Crippen LogP contribution >= 0.6 is 0 Å². The van der Waals surface area contributed by atoms with Crippen LogP contribution in [0.3, 0.4) is 0 Å². The molecule has 0 spiro atoms. The number of nitrogens with one attached hydrogen (secondary N) is 1. The second-order valence-electron chi connectivity index (χ2n) is 6.98. The van der Waals surface area contributed by atoms with E-state index < -0.39 is 21.9 Å². The van der Waals surface area contributed by atoms with Crippen LogP contribution in [0.1, 0.15) is 30.4 Å². The van der Waals surface area contributed by atoms with Gasteiger partial charge >= 0.3 is 5.97 Å². The van der Waals surface area contributed by atoms with Gasteiger partial charge in [0.05, 0.1) is 12.9 Å². The Balaban J connectivity index is 1.99.